The van der Waals surface area contributed by atoms with Gasteiger partial charge in [0, 0.05) is 29.9 Å². The first-order valence-corrected chi connectivity index (χ1v) is 14.0. The van der Waals surface area contributed by atoms with Gasteiger partial charge in [0.1, 0.15) is 9.81 Å². The summed E-state index contributed by atoms with van der Waals surface area (Å²) < 4.78 is 58.0. The molecule has 0 fully saturated rings. The molecular formula is C21H25N3O6S3. The number of hydrogen-bond donors (Lipinski definition) is 1. The Morgan fingerprint density at radius 1 is 1.12 bits per heavy atom. The van der Waals surface area contributed by atoms with E-state index in [9.17, 15) is 21.6 Å². The number of aromatic nitrogens is 2. The summed E-state index contributed by atoms with van der Waals surface area (Å²) in [6.45, 7) is 5.32. The van der Waals surface area contributed by atoms with Gasteiger partial charge in [0.05, 0.1) is 28.4 Å². The predicted molar refractivity (Wildman–Crippen MR) is 125 cm³/mol. The smallest absolute Gasteiger partial charge is 0.407 e. The van der Waals surface area contributed by atoms with Crippen LogP contribution < -0.4 is 5.32 Å². The van der Waals surface area contributed by atoms with Gasteiger partial charge in [-0.1, -0.05) is 0 Å². The van der Waals surface area contributed by atoms with Gasteiger partial charge in [0.2, 0.25) is 9.84 Å². The zero-order valence-electron chi connectivity index (χ0n) is 18.8. The molecule has 2 aromatic heterocycles. The number of benzene rings is 1. The zero-order valence-corrected chi connectivity index (χ0v) is 21.3. The van der Waals surface area contributed by atoms with Crippen LogP contribution in [0.2, 0.25) is 0 Å². The fraction of sp³-hybridized carbons (Fsp3) is 0.333. The molecule has 9 nitrogen and oxygen atoms in total. The van der Waals surface area contributed by atoms with Gasteiger partial charge < -0.3 is 14.6 Å². The van der Waals surface area contributed by atoms with E-state index in [0.717, 1.165) is 23.7 Å². The molecule has 0 spiro atoms. The van der Waals surface area contributed by atoms with Crippen LogP contribution in [0.1, 0.15) is 25.6 Å². The molecule has 0 aliphatic carbocycles. The van der Waals surface area contributed by atoms with E-state index in [0.29, 0.717) is 16.1 Å². The Morgan fingerprint density at radius 2 is 1.79 bits per heavy atom. The molecule has 0 bridgehead atoms. The fourth-order valence-corrected chi connectivity index (χ4v) is 6.36. The van der Waals surface area contributed by atoms with Crippen LogP contribution in [0.3, 0.4) is 0 Å². The van der Waals surface area contributed by atoms with Crippen molar-refractivity contribution in [2.45, 2.75) is 46.9 Å². The van der Waals surface area contributed by atoms with E-state index >= 15 is 0 Å². The van der Waals surface area contributed by atoms with Crippen LogP contribution >= 0.6 is 11.3 Å². The minimum atomic E-state index is -4.02. The van der Waals surface area contributed by atoms with E-state index in [1.165, 1.54) is 18.2 Å². The molecular weight excluding hydrogens is 486 g/mol. The molecule has 0 atom stereocenters. The Balaban J connectivity index is 1.93. The Morgan fingerprint density at radius 3 is 2.36 bits per heavy atom. The highest BCUT2D eigenvalue weighted by atomic mass is 32.2. The summed E-state index contributed by atoms with van der Waals surface area (Å²) in [5.41, 5.74) is 0.178. The van der Waals surface area contributed by atoms with Gasteiger partial charge in [0.15, 0.2) is 9.84 Å². The zero-order chi connectivity index (χ0) is 24.6. The second-order valence-electron chi connectivity index (χ2n) is 8.47. The van der Waals surface area contributed by atoms with E-state index in [-0.39, 0.29) is 20.5 Å². The van der Waals surface area contributed by atoms with Gasteiger partial charge >= 0.3 is 6.09 Å². The maximum absolute atomic E-state index is 13.3. The van der Waals surface area contributed by atoms with E-state index in [2.05, 4.69) is 10.3 Å². The van der Waals surface area contributed by atoms with Crippen molar-refractivity contribution >= 4 is 37.1 Å². The molecule has 1 aromatic carbocycles. The first kappa shape index (κ1) is 24.9. The lowest BCUT2D eigenvalue weighted by atomic mass is 10.2. The lowest BCUT2D eigenvalue weighted by molar-refractivity contribution is 0.0524. The van der Waals surface area contributed by atoms with Crippen LogP contribution in [0.5, 0.6) is 0 Å². The minimum Gasteiger partial charge on any atom is -0.444 e. The third kappa shape index (κ3) is 6.21. The molecule has 0 aliphatic heterocycles. The number of aryl methyl sites for hydroxylation is 1. The highest BCUT2D eigenvalue weighted by Gasteiger charge is 2.24. The van der Waals surface area contributed by atoms with Crippen molar-refractivity contribution in [3.63, 3.8) is 0 Å². The number of nitrogens with zero attached hydrogens (tertiary/aromatic N) is 2. The monoisotopic (exact) mass is 511 g/mol. The van der Waals surface area contributed by atoms with Crippen LogP contribution in [-0.4, -0.2) is 44.3 Å². The number of carbonyl (C=O) groups excluding carboxylic acids is 1. The molecule has 3 rings (SSSR count). The summed E-state index contributed by atoms with van der Waals surface area (Å²) in [5, 5.41) is 2.59. The van der Waals surface area contributed by atoms with Crippen molar-refractivity contribution in [3.05, 3.63) is 47.7 Å². The number of rotatable bonds is 6. The lowest BCUT2D eigenvalue weighted by Gasteiger charge is -2.19. The van der Waals surface area contributed by atoms with E-state index < -0.39 is 31.4 Å². The highest BCUT2D eigenvalue weighted by Crippen LogP contribution is 2.32. The van der Waals surface area contributed by atoms with Gasteiger partial charge in [-0.25, -0.2) is 26.6 Å². The van der Waals surface area contributed by atoms with Gasteiger partial charge in [0.25, 0.3) is 0 Å². The molecule has 0 saturated heterocycles. The Kier molecular flexibility index (Phi) is 6.74. The number of sulfone groups is 2. The van der Waals surface area contributed by atoms with E-state index in [4.69, 9.17) is 4.74 Å². The minimum absolute atomic E-state index is 0.0288. The average Bonchev–Trinajstić information content (AvgIpc) is 3.33. The number of hydrogen-bond acceptors (Lipinski definition) is 8. The topological polar surface area (TPSA) is 124 Å². The maximum atomic E-state index is 13.3. The molecule has 2 heterocycles. The van der Waals surface area contributed by atoms with Gasteiger partial charge in [-0.3, -0.25) is 0 Å². The largest absolute Gasteiger partial charge is 0.444 e. The number of thiophene rings is 1. The normalized spacial score (nSPS) is 12.5. The molecule has 1 N–H and O–H groups in total. The van der Waals surface area contributed by atoms with Crippen molar-refractivity contribution in [2.24, 2.45) is 7.05 Å². The Bertz CT molecular complexity index is 1400. The Hall–Kier alpha value is -2.70. The van der Waals surface area contributed by atoms with Gasteiger partial charge in [-0.15, -0.1) is 11.3 Å². The SMILES string of the molecule is Cn1cnc(-c2cc(S(C)(=O)=O)cc(S(=O)(=O)c3ccc(CNC(=O)OC(C)(C)C)s3)c2)c1. The third-order valence-corrected chi connectivity index (χ3v) is 8.73. The summed E-state index contributed by atoms with van der Waals surface area (Å²) in [7, 11) is -5.94. The first-order valence-electron chi connectivity index (χ1n) is 9.79. The summed E-state index contributed by atoms with van der Waals surface area (Å²) in [4.78, 5) is 16.4. The predicted octanol–water partition coefficient (Wildman–Crippen LogP) is 3.41. The molecule has 3 aromatic rings. The maximum Gasteiger partial charge on any atom is 0.407 e. The van der Waals surface area contributed by atoms with Crippen molar-refractivity contribution in [1.82, 2.24) is 14.9 Å². The molecule has 0 unspecified atom stereocenters. The number of imidazole rings is 1. The van der Waals surface area contributed by atoms with E-state index in [1.54, 1.807) is 51.0 Å². The molecule has 0 aliphatic rings. The first-order chi connectivity index (χ1) is 15.1. The fourth-order valence-electron chi connectivity index (χ4n) is 2.84. The number of alkyl carbamates (subject to hydrolysis) is 1. The molecule has 1 amide bonds. The Labute approximate surface area is 197 Å². The van der Waals surface area contributed by atoms with Crippen molar-refractivity contribution in [3.8, 4) is 11.3 Å². The highest BCUT2D eigenvalue weighted by molar-refractivity contribution is 7.93. The molecule has 33 heavy (non-hydrogen) atoms. The number of amides is 1. The van der Waals surface area contributed by atoms with E-state index in [1.807, 2.05) is 0 Å². The molecule has 12 heteroatoms. The molecule has 0 radical (unpaired) electrons. The summed E-state index contributed by atoms with van der Waals surface area (Å²) in [5.74, 6) is 0. The number of carbonyl (C=O) groups is 1. The summed E-state index contributed by atoms with van der Waals surface area (Å²) >= 11 is 0.986. The van der Waals surface area contributed by atoms with Crippen LogP contribution in [0.25, 0.3) is 11.3 Å². The summed E-state index contributed by atoms with van der Waals surface area (Å²) in [6.07, 6.45) is 3.62. The number of ether oxygens (including phenoxy) is 1. The molecule has 0 saturated carbocycles. The van der Waals surface area contributed by atoms with Crippen molar-refractivity contribution < 1.29 is 26.4 Å². The second-order valence-corrected chi connectivity index (χ2v) is 13.8. The van der Waals surface area contributed by atoms with Crippen LogP contribution in [0.4, 0.5) is 4.79 Å². The van der Waals surface area contributed by atoms with Gasteiger partial charge in [-0.05, 0) is 51.1 Å². The van der Waals surface area contributed by atoms with Crippen molar-refractivity contribution in [2.75, 3.05) is 6.26 Å². The number of nitrogens with one attached hydrogen (secondary N) is 1. The van der Waals surface area contributed by atoms with Crippen LogP contribution in [0, 0.1) is 0 Å². The standard InChI is InChI=1S/C21H25N3O6S3/c1-21(2,3)30-20(25)22-11-15-6-7-19(31-15)33(28,29)17-9-14(18-12-24(4)13-23-18)8-16(10-17)32(5,26)27/h6-10,12-13H,11H2,1-5H3,(H,22,25). The van der Waals surface area contributed by atoms with Crippen LogP contribution in [-0.2, 0) is 38.0 Å². The van der Waals surface area contributed by atoms with Gasteiger partial charge in [-0.2, -0.15) is 0 Å². The molecule has 178 valence electrons. The average molecular weight is 512 g/mol. The summed E-state index contributed by atoms with van der Waals surface area (Å²) in [6, 6.07) is 6.98. The van der Waals surface area contributed by atoms with Crippen molar-refractivity contribution in [1.29, 1.82) is 0 Å². The second kappa shape index (κ2) is 8.92. The lowest BCUT2D eigenvalue weighted by Crippen LogP contribution is -2.31. The third-order valence-electron chi connectivity index (χ3n) is 4.33. The quantitative estimate of drug-likeness (QED) is 0.538. The van der Waals surface area contributed by atoms with Crippen LogP contribution in [0.15, 0.2) is 56.9 Å².